The van der Waals surface area contributed by atoms with E-state index in [1.807, 2.05) is 0 Å². The van der Waals surface area contributed by atoms with E-state index in [1.54, 1.807) is 42.5 Å². The molecule has 0 bridgehead atoms. The molecule has 0 aliphatic heterocycles. The minimum atomic E-state index is -0.278. The Hall–Kier alpha value is -2.69. The summed E-state index contributed by atoms with van der Waals surface area (Å²) in [6, 6.07) is 13.3. The maximum absolute atomic E-state index is 13.4. The molecule has 0 fully saturated rings. The smallest absolute Gasteiger partial charge is 0.220 e. The molecular weight excluding hydrogens is 309 g/mol. The van der Waals surface area contributed by atoms with Crippen LogP contribution in [-0.2, 0) is 11.2 Å². The minimum Gasteiger partial charge on any atom is -0.497 e. The lowest BCUT2D eigenvalue weighted by molar-refractivity contribution is -0.121. The van der Waals surface area contributed by atoms with Crippen molar-refractivity contribution in [2.24, 2.45) is 0 Å². The van der Waals surface area contributed by atoms with Crippen LogP contribution in [0.25, 0.3) is 0 Å². The van der Waals surface area contributed by atoms with E-state index in [1.165, 1.54) is 13.2 Å². The highest BCUT2D eigenvalue weighted by Crippen LogP contribution is 2.14. The second kappa shape index (κ2) is 8.82. The third kappa shape index (κ3) is 5.19. The molecule has 0 atom stereocenters. The standard InChI is InChI=1S/C19H20FNO3/c1-24-16-7-4-6-15(13-16)18(22)9-10-19(23)21-12-11-14-5-2-3-8-17(14)20/h2-8,13H,9-12H2,1H3,(H,21,23). The fraction of sp³-hybridized carbons (Fsp3) is 0.263. The van der Waals surface area contributed by atoms with Crippen LogP contribution in [0.15, 0.2) is 48.5 Å². The number of methoxy groups -OCH3 is 1. The van der Waals surface area contributed by atoms with Gasteiger partial charge in [0.1, 0.15) is 11.6 Å². The number of amides is 1. The summed E-state index contributed by atoms with van der Waals surface area (Å²) in [6.45, 7) is 0.340. The van der Waals surface area contributed by atoms with Gasteiger partial charge in [0.2, 0.25) is 5.91 Å². The van der Waals surface area contributed by atoms with Crippen LogP contribution in [0.3, 0.4) is 0 Å². The van der Waals surface area contributed by atoms with E-state index in [9.17, 15) is 14.0 Å². The van der Waals surface area contributed by atoms with E-state index >= 15 is 0 Å². The van der Waals surface area contributed by atoms with Crippen LogP contribution >= 0.6 is 0 Å². The summed E-state index contributed by atoms with van der Waals surface area (Å²) in [7, 11) is 1.53. The van der Waals surface area contributed by atoms with Crippen LogP contribution in [0, 0.1) is 5.82 Å². The molecule has 0 aromatic heterocycles. The van der Waals surface area contributed by atoms with Gasteiger partial charge in [0.05, 0.1) is 7.11 Å². The predicted molar refractivity (Wildman–Crippen MR) is 89.7 cm³/mol. The SMILES string of the molecule is COc1cccc(C(=O)CCC(=O)NCCc2ccccc2F)c1. The van der Waals surface area contributed by atoms with E-state index < -0.39 is 0 Å². The number of carbonyl (C=O) groups excluding carboxylic acids is 2. The summed E-state index contributed by atoms with van der Waals surface area (Å²) >= 11 is 0. The van der Waals surface area contributed by atoms with Gasteiger partial charge < -0.3 is 10.1 Å². The first-order valence-corrected chi connectivity index (χ1v) is 7.77. The van der Waals surface area contributed by atoms with Crippen molar-refractivity contribution in [3.05, 3.63) is 65.5 Å². The first kappa shape index (κ1) is 17.7. The molecule has 0 unspecified atom stereocenters. The second-order valence-electron chi connectivity index (χ2n) is 5.35. The predicted octanol–water partition coefficient (Wildman–Crippen LogP) is 3.16. The summed E-state index contributed by atoms with van der Waals surface area (Å²) in [5.74, 6) is -0.00381. The number of Topliss-reactive ketones (excluding diaryl/α,β-unsaturated/α-hetero) is 1. The van der Waals surface area contributed by atoms with Crippen LogP contribution < -0.4 is 10.1 Å². The highest BCUT2D eigenvalue weighted by Gasteiger charge is 2.10. The summed E-state index contributed by atoms with van der Waals surface area (Å²) in [5.41, 5.74) is 1.08. The van der Waals surface area contributed by atoms with Gasteiger partial charge in [-0.3, -0.25) is 9.59 Å². The van der Waals surface area contributed by atoms with Gasteiger partial charge >= 0.3 is 0 Å². The fourth-order valence-electron chi connectivity index (χ4n) is 2.29. The number of ketones is 1. The third-order valence-corrected chi connectivity index (χ3v) is 3.65. The van der Waals surface area contributed by atoms with Gasteiger partial charge in [0, 0.05) is 24.9 Å². The van der Waals surface area contributed by atoms with E-state index in [0.29, 0.717) is 29.8 Å². The van der Waals surface area contributed by atoms with Gasteiger partial charge in [-0.15, -0.1) is 0 Å². The Labute approximate surface area is 140 Å². The zero-order chi connectivity index (χ0) is 17.4. The van der Waals surface area contributed by atoms with Crippen molar-refractivity contribution in [3.8, 4) is 5.75 Å². The average molecular weight is 329 g/mol. The van der Waals surface area contributed by atoms with Crippen LogP contribution in [0.4, 0.5) is 4.39 Å². The summed E-state index contributed by atoms with van der Waals surface area (Å²) in [5, 5.41) is 2.71. The Kier molecular flexibility index (Phi) is 6.49. The summed E-state index contributed by atoms with van der Waals surface area (Å²) in [6.07, 6.45) is 0.647. The Morgan fingerprint density at radius 2 is 1.88 bits per heavy atom. The van der Waals surface area contributed by atoms with Crippen molar-refractivity contribution in [1.82, 2.24) is 5.32 Å². The number of rotatable bonds is 8. The molecule has 2 rings (SSSR count). The Morgan fingerprint density at radius 1 is 1.08 bits per heavy atom. The largest absolute Gasteiger partial charge is 0.497 e. The lowest BCUT2D eigenvalue weighted by atomic mass is 10.1. The molecule has 4 nitrogen and oxygen atoms in total. The normalized spacial score (nSPS) is 10.2. The van der Waals surface area contributed by atoms with E-state index in [0.717, 1.165) is 0 Å². The molecule has 24 heavy (non-hydrogen) atoms. The minimum absolute atomic E-state index is 0.104. The first-order valence-electron chi connectivity index (χ1n) is 7.77. The van der Waals surface area contributed by atoms with Crippen LogP contribution in [-0.4, -0.2) is 25.3 Å². The van der Waals surface area contributed by atoms with Gasteiger partial charge in [0.15, 0.2) is 5.78 Å². The van der Waals surface area contributed by atoms with Crippen molar-refractivity contribution in [2.45, 2.75) is 19.3 Å². The van der Waals surface area contributed by atoms with E-state index in [4.69, 9.17) is 4.74 Å². The van der Waals surface area contributed by atoms with Gasteiger partial charge in [0.25, 0.3) is 0 Å². The fourth-order valence-corrected chi connectivity index (χ4v) is 2.29. The highest BCUT2D eigenvalue weighted by atomic mass is 19.1. The molecule has 0 radical (unpaired) electrons. The van der Waals surface area contributed by atoms with Crippen molar-refractivity contribution in [2.75, 3.05) is 13.7 Å². The maximum atomic E-state index is 13.4. The lowest BCUT2D eigenvalue weighted by Crippen LogP contribution is -2.26. The van der Waals surface area contributed by atoms with Gasteiger partial charge in [-0.2, -0.15) is 0 Å². The molecule has 5 heteroatoms. The Morgan fingerprint density at radius 3 is 2.62 bits per heavy atom. The van der Waals surface area contributed by atoms with Crippen molar-refractivity contribution < 1.29 is 18.7 Å². The molecular formula is C19H20FNO3. The maximum Gasteiger partial charge on any atom is 0.220 e. The number of halogens is 1. The van der Waals surface area contributed by atoms with Gasteiger partial charge in [-0.1, -0.05) is 30.3 Å². The molecule has 0 saturated carbocycles. The number of benzene rings is 2. The number of nitrogens with one attached hydrogen (secondary N) is 1. The zero-order valence-electron chi connectivity index (χ0n) is 13.5. The number of hydrogen-bond donors (Lipinski definition) is 1. The second-order valence-corrected chi connectivity index (χ2v) is 5.35. The van der Waals surface area contributed by atoms with E-state index in [2.05, 4.69) is 5.32 Å². The van der Waals surface area contributed by atoms with E-state index in [-0.39, 0.29) is 30.3 Å². The summed E-state index contributed by atoms with van der Waals surface area (Å²) < 4.78 is 18.5. The highest BCUT2D eigenvalue weighted by molar-refractivity contribution is 5.98. The molecule has 2 aromatic carbocycles. The number of carbonyl (C=O) groups is 2. The monoisotopic (exact) mass is 329 g/mol. The Balaban J connectivity index is 1.74. The molecule has 0 saturated heterocycles. The molecule has 0 aliphatic rings. The average Bonchev–Trinajstić information content (AvgIpc) is 2.61. The van der Waals surface area contributed by atoms with Gasteiger partial charge in [-0.25, -0.2) is 4.39 Å². The van der Waals surface area contributed by atoms with Crippen molar-refractivity contribution >= 4 is 11.7 Å². The van der Waals surface area contributed by atoms with Crippen molar-refractivity contribution in [1.29, 1.82) is 0 Å². The molecule has 0 aliphatic carbocycles. The lowest BCUT2D eigenvalue weighted by Gasteiger charge is -2.06. The molecule has 126 valence electrons. The van der Waals surface area contributed by atoms with Crippen LogP contribution in [0.2, 0.25) is 0 Å². The van der Waals surface area contributed by atoms with Crippen LogP contribution in [0.1, 0.15) is 28.8 Å². The molecule has 0 spiro atoms. The summed E-state index contributed by atoms with van der Waals surface area (Å²) in [4.78, 5) is 23.9. The zero-order valence-corrected chi connectivity index (χ0v) is 13.5. The quantitative estimate of drug-likeness (QED) is 0.757. The number of ether oxygens (including phenoxy) is 1. The number of hydrogen-bond acceptors (Lipinski definition) is 3. The first-order chi connectivity index (χ1) is 11.6. The topological polar surface area (TPSA) is 55.4 Å². The molecule has 1 amide bonds. The molecule has 2 aromatic rings. The molecule has 1 N–H and O–H groups in total. The van der Waals surface area contributed by atoms with Crippen LogP contribution in [0.5, 0.6) is 5.75 Å². The molecule has 0 heterocycles. The third-order valence-electron chi connectivity index (χ3n) is 3.65. The van der Waals surface area contributed by atoms with Gasteiger partial charge in [-0.05, 0) is 30.2 Å². The Bertz CT molecular complexity index is 715. The van der Waals surface area contributed by atoms with Crippen molar-refractivity contribution in [3.63, 3.8) is 0 Å².